The fourth-order valence-electron chi connectivity index (χ4n) is 8.11. The maximum atomic E-state index is 10.3. The van der Waals surface area contributed by atoms with E-state index in [-0.39, 0.29) is 5.75 Å². The second-order valence-corrected chi connectivity index (χ2v) is 13.3. The number of aromatic hydroxyl groups is 1. The molecule has 2 aliphatic heterocycles. The largest absolute Gasteiger partial charge is 0.508 e. The summed E-state index contributed by atoms with van der Waals surface area (Å²) < 4.78 is 0. The summed E-state index contributed by atoms with van der Waals surface area (Å²) in [6.07, 6.45) is 3.52. The number of fused-ring (bicyclic) bond motifs is 8. The third kappa shape index (κ3) is 5.23. The van der Waals surface area contributed by atoms with Gasteiger partial charge in [0.25, 0.3) is 0 Å². The summed E-state index contributed by atoms with van der Waals surface area (Å²) in [5.41, 5.74) is 22.6. The highest BCUT2D eigenvalue weighted by Crippen LogP contribution is 2.43. The number of benzene rings is 2. The van der Waals surface area contributed by atoms with Gasteiger partial charge in [0.2, 0.25) is 0 Å². The second-order valence-electron chi connectivity index (χ2n) is 13.3. The summed E-state index contributed by atoms with van der Waals surface area (Å²) in [6.45, 7) is 17.8. The number of phenols is 1. The number of rotatable bonds is 6. The lowest BCUT2D eigenvalue weighted by Crippen LogP contribution is -1.89. The van der Waals surface area contributed by atoms with Crippen LogP contribution in [-0.4, -0.2) is 25.0 Å². The maximum absolute atomic E-state index is 10.3. The molecule has 8 bridgehead atoms. The van der Waals surface area contributed by atoms with Crippen LogP contribution >= 0.6 is 0 Å². The van der Waals surface area contributed by atoms with Crippen molar-refractivity contribution in [1.29, 1.82) is 0 Å². The monoisotopic (exact) mass is 646 g/mol. The molecule has 3 aromatic heterocycles. The van der Waals surface area contributed by atoms with Gasteiger partial charge in [0.05, 0.1) is 33.8 Å². The number of aromatic nitrogens is 4. The predicted octanol–water partition coefficient (Wildman–Crippen LogP) is 11.8. The average Bonchev–Trinajstić information content (AvgIpc) is 3.79. The van der Waals surface area contributed by atoms with E-state index in [0.29, 0.717) is 0 Å². The molecular weight excluding hydrogens is 601 g/mol. The first kappa shape index (κ1) is 32.4. The fraction of sp³-hybridized carbons (Fsp3) is 0.273. The molecule has 7 rings (SSSR count). The van der Waals surface area contributed by atoms with Crippen LogP contribution in [0.1, 0.15) is 99.4 Å². The Kier molecular flexibility index (Phi) is 8.40. The highest BCUT2D eigenvalue weighted by molar-refractivity contribution is 6.03. The third-order valence-corrected chi connectivity index (χ3v) is 10.7. The highest BCUT2D eigenvalue weighted by atomic mass is 16.3. The zero-order valence-corrected chi connectivity index (χ0v) is 30.0. The van der Waals surface area contributed by atoms with Crippen LogP contribution in [0.5, 0.6) is 5.75 Å². The molecule has 3 N–H and O–H groups in total. The van der Waals surface area contributed by atoms with Gasteiger partial charge in [0, 0.05) is 22.2 Å². The summed E-state index contributed by atoms with van der Waals surface area (Å²) >= 11 is 0. The molecule has 248 valence electrons. The van der Waals surface area contributed by atoms with E-state index in [2.05, 4.69) is 108 Å². The Bertz CT molecular complexity index is 2350. The molecule has 0 fully saturated rings. The SMILES string of the molecule is CCC1=C(C)c2nc1cc1[nH]c(c(C)c1CC)c(-c1ccccc1)c1nc(cc3[nH]c(c(C)c3CC)c2-c2ccc(O)cc2)C(CC)=C1C. The molecule has 0 saturated carbocycles. The average molecular weight is 647 g/mol. The van der Waals surface area contributed by atoms with Crippen molar-refractivity contribution in [3.63, 3.8) is 0 Å². The quantitative estimate of drug-likeness (QED) is 0.172. The van der Waals surface area contributed by atoms with Crippen LogP contribution in [0, 0.1) is 13.8 Å². The van der Waals surface area contributed by atoms with Gasteiger partial charge in [-0.05, 0) is 133 Å². The van der Waals surface area contributed by atoms with Gasteiger partial charge in [0.15, 0.2) is 0 Å². The molecule has 0 unspecified atom stereocenters. The first-order valence-electron chi connectivity index (χ1n) is 17.7. The third-order valence-electron chi connectivity index (χ3n) is 10.7. The highest BCUT2D eigenvalue weighted by Gasteiger charge is 2.25. The van der Waals surface area contributed by atoms with Crippen LogP contribution < -0.4 is 0 Å². The van der Waals surface area contributed by atoms with E-state index in [4.69, 9.17) is 9.97 Å². The van der Waals surface area contributed by atoms with Gasteiger partial charge >= 0.3 is 0 Å². The van der Waals surface area contributed by atoms with Gasteiger partial charge < -0.3 is 15.1 Å². The minimum Gasteiger partial charge on any atom is -0.508 e. The Balaban J connectivity index is 1.77. The number of hydrogen-bond donors (Lipinski definition) is 3. The van der Waals surface area contributed by atoms with E-state index >= 15 is 0 Å². The lowest BCUT2D eigenvalue weighted by atomic mass is 9.95. The molecule has 2 aromatic carbocycles. The molecular formula is C44H46N4O. The van der Waals surface area contributed by atoms with Gasteiger partial charge in [-0.3, -0.25) is 0 Å². The molecule has 5 aromatic rings. The molecule has 0 radical (unpaired) electrons. The number of aryl methyl sites for hydroxylation is 4. The molecule has 49 heavy (non-hydrogen) atoms. The first-order valence-corrected chi connectivity index (χ1v) is 17.7. The maximum Gasteiger partial charge on any atom is 0.115 e. The molecule has 0 amide bonds. The molecule has 0 aliphatic carbocycles. The van der Waals surface area contributed by atoms with Crippen molar-refractivity contribution >= 4 is 44.4 Å². The zero-order chi connectivity index (χ0) is 34.6. The lowest BCUT2D eigenvalue weighted by Gasteiger charge is -2.08. The molecule has 0 spiro atoms. The van der Waals surface area contributed by atoms with Crippen molar-refractivity contribution in [3.05, 3.63) is 112 Å². The van der Waals surface area contributed by atoms with Crippen molar-refractivity contribution < 1.29 is 5.11 Å². The van der Waals surface area contributed by atoms with Gasteiger partial charge in [-0.1, -0.05) is 70.2 Å². The standard InChI is InChI=1S/C44H46N4O/c1-9-31-24(5)41-39(28-16-14-13-15-17-28)42-25(6)32(10-2)36(46-42)23-38-34(12-4)27(8)44(48-38)40(29-18-20-30(49)21-19-29)43-26(7)33(11-3)37(47-43)22-35(31)45-41/h13-23,45,48-49H,9-12H2,1-8H3. The normalized spacial score (nSPS) is 13.1. The van der Waals surface area contributed by atoms with Gasteiger partial charge in [-0.25, -0.2) is 9.97 Å². The lowest BCUT2D eigenvalue weighted by molar-refractivity contribution is 0.475. The zero-order valence-electron chi connectivity index (χ0n) is 30.0. The topological polar surface area (TPSA) is 77.6 Å². The molecule has 2 aliphatic rings. The van der Waals surface area contributed by atoms with E-state index in [1.807, 2.05) is 12.1 Å². The number of nitrogens with zero attached hydrogens (tertiary/aromatic N) is 2. The van der Waals surface area contributed by atoms with E-state index in [0.717, 1.165) is 92.8 Å². The Morgan fingerprint density at radius 1 is 0.551 bits per heavy atom. The molecule has 0 atom stereocenters. The number of nitrogens with one attached hydrogen (secondary N) is 2. The van der Waals surface area contributed by atoms with Crippen LogP contribution in [-0.2, 0) is 12.8 Å². The van der Waals surface area contributed by atoms with E-state index in [9.17, 15) is 5.11 Å². The summed E-state index contributed by atoms with van der Waals surface area (Å²) in [7, 11) is 0. The minimum absolute atomic E-state index is 0.247. The fourth-order valence-corrected chi connectivity index (χ4v) is 8.11. The Morgan fingerprint density at radius 2 is 0.980 bits per heavy atom. The summed E-state index contributed by atoms with van der Waals surface area (Å²) in [6, 6.07) is 22.8. The first-order chi connectivity index (χ1) is 23.7. The molecule has 5 nitrogen and oxygen atoms in total. The number of allylic oxidation sites excluding steroid dienone is 4. The number of H-pyrrole nitrogens is 2. The van der Waals surface area contributed by atoms with Crippen molar-refractivity contribution in [3.8, 4) is 28.0 Å². The summed E-state index contributed by atoms with van der Waals surface area (Å²) in [5, 5.41) is 10.3. The Labute approximate surface area is 289 Å². The van der Waals surface area contributed by atoms with Crippen LogP contribution in [0.3, 0.4) is 0 Å². The molecule has 5 heteroatoms. The van der Waals surface area contributed by atoms with E-state index in [1.165, 1.54) is 44.5 Å². The van der Waals surface area contributed by atoms with Crippen LogP contribution in [0.25, 0.3) is 66.6 Å². The van der Waals surface area contributed by atoms with Crippen LogP contribution in [0.4, 0.5) is 0 Å². The van der Waals surface area contributed by atoms with Crippen molar-refractivity contribution in [2.75, 3.05) is 0 Å². The van der Waals surface area contributed by atoms with Crippen molar-refractivity contribution in [2.24, 2.45) is 0 Å². The van der Waals surface area contributed by atoms with E-state index < -0.39 is 0 Å². The van der Waals surface area contributed by atoms with Gasteiger partial charge in [0.1, 0.15) is 5.75 Å². The second kappa shape index (κ2) is 12.7. The number of aromatic amines is 2. The van der Waals surface area contributed by atoms with Crippen LogP contribution in [0.2, 0.25) is 0 Å². The molecule has 5 heterocycles. The molecule has 0 saturated heterocycles. The number of hydrogen-bond acceptors (Lipinski definition) is 3. The summed E-state index contributed by atoms with van der Waals surface area (Å²) in [5.74, 6) is 0.247. The summed E-state index contributed by atoms with van der Waals surface area (Å²) in [4.78, 5) is 18.8. The van der Waals surface area contributed by atoms with Gasteiger partial charge in [-0.2, -0.15) is 0 Å². The predicted molar refractivity (Wildman–Crippen MR) is 207 cm³/mol. The van der Waals surface area contributed by atoms with Crippen molar-refractivity contribution in [1.82, 2.24) is 19.9 Å². The smallest absolute Gasteiger partial charge is 0.115 e. The Morgan fingerprint density at radius 3 is 1.39 bits per heavy atom. The van der Waals surface area contributed by atoms with Crippen LogP contribution in [0.15, 0.2) is 66.7 Å². The van der Waals surface area contributed by atoms with Crippen molar-refractivity contribution in [2.45, 2.75) is 81.1 Å². The minimum atomic E-state index is 0.247. The Hall–Kier alpha value is -5.16. The van der Waals surface area contributed by atoms with Gasteiger partial charge in [-0.15, -0.1) is 0 Å². The van der Waals surface area contributed by atoms with E-state index in [1.54, 1.807) is 12.1 Å². The number of phenolic OH excluding ortho intramolecular Hbond substituents is 1.